The van der Waals surface area contributed by atoms with Crippen LogP contribution in [0.25, 0.3) is 5.65 Å². The van der Waals surface area contributed by atoms with E-state index in [1.54, 1.807) is 10.8 Å². The molecule has 0 aromatic carbocycles. The van der Waals surface area contributed by atoms with Crippen LogP contribution in [0.15, 0.2) is 24.5 Å². The number of carbonyl (C=O) groups is 1. The molecule has 3 aromatic rings. The maximum atomic E-state index is 13.1. The van der Waals surface area contributed by atoms with Gasteiger partial charge in [-0.25, -0.2) is 9.50 Å². The van der Waals surface area contributed by atoms with Gasteiger partial charge in [0, 0.05) is 25.2 Å². The maximum absolute atomic E-state index is 13.1. The summed E-state index contributed by atoms with van der Waals surface area (Å²) in [7, 11) is 0. The standard InChI is InChI=1S/C24H27F3N8O2S/c1-13-8-15(33-7-5-22(2,12-33)35-6-4-16(31-35)24(25,26)27)10-34-18(13)29-20(32-34)23-9-14(11-37-23)17(23)19(36)30-21(28)38-3/h4,6,8,10,14,17H,5,7,9,11-12H2,1-3H3,(H2,28,30,36)/t14?,17?,22-,23?/m1/s1. The van der Waals surface area contributed by atoms with E-state index in [0.29, 0.717) is 44.0 Å². The van der Waals surface area contributed by atoms with Gasteiger partial charge in [-0.05, 0) is 50.6 Å². The minimum absolute atomic E-state index is 0.0651. The number of ether oxygens (including phenoxy) is 1. The van der Waals surface area contributed by atoms with Crippen LogP contribution in [0.2, 0.25) is 0 Å². The molecular formula is C24H27F3N8O2S. The summed E-state index contributed by atoms with van der Waals surface area (Å²) >= 11 is 1.16. The summed E-state index contributed by atoms with van der Waals surface area (Å²) in [6.07, 6.45) is 1.78. The SMILES string of the molecule is CSC(=N)NC(=O)C1C2COC1(c1nc3c(C)cc(N4CC[C@@](C)(n5ccc(C(F)(F)F)n5)C4)cn3n1)C2. The molecule has 2 bridgehead atoms. The molecular weight excluding hydrogens is 521 g/mol. The fourth-order valence-corrected chi connectivity index (χ4v) is 6.19. The van der Waals surface area contributed by atoms with Crippen LogP contribution in [0.4, 0.5) is 18.9 Å². The lowest BCUT2D eigenvalue weighted by molar-refractivity contribution is -0.142. The Morgan fingerprint density at radius 1 is 1.34 bits per heavy atom. The lowest BCUT2D eigenvalue weighted by Crippen LogP contribution is -2.54. The molecule has 3 aromatic heterocycles. The third kappa shape index (κ3) is 3.79. The third-order valence-corrected chi connectivity index (χ3v) is 8.56. The van der Waals surface area contributed by atoms with Crippen molar-refractivity contribution in [1.82, 2.24) is 29.7 Å². The molecule has 3 unspecified atom stereocenters. The average Bonchev–Trinajstić information content (AvgIpc) is 3.65. The highest BCUT2D eigenvalue weighted by atomic mass is 32.2. The first-order chi connectivity index (χ1) is 17.9. The summed E-state index contributed by atoms with van der Waals surface area (Å²) in [5, 5.41) is 19.1. The van der Waals surface area contributed by atoms with Gasteiger partial charge >= 0.3 is 6.18 Å². The van der Waals surface area contributed by atoms with Gasteiger partial charge in [-0.15, -0.1) is 5.10 Å². The Kier molecular flexibility index (Phi) is 5.59. The Morgan fingerprint density at radius 2 is 2.13 bits per heavy atom. The number of hydrogen-bond donors (Lipinski definition) is 2. The van der Waals surface area contributed by atoms with E-state index in [2.05, 4.69) is 15.3 Å². The fourth-order valence-electron chi connectivity index (χ4n) is 5.99. The summed E-state index contributed by atoms with van der Waals surface area (Å²) in [6, 6.07) is 3.00. The van der Waals surface area contributed by atoms with Crippen molar-refractivity contribution in [2.75, 3.05) is 30.9 Å². The Labute approximate surface area is 220 Å². The third-order valence-electron chi connectivity index (χ3n) is 8.05. The number of rotatable bonds is 4. The summed E-state index contributed by atoms with van der Waals surface area (Å²) in [4.78, 5) is 19.8. The van der Waals surface area contributed by atoms with E-state index in [-0.39, 0.29) is 17.0 Å². The Balaban J connectivity index is 1.26. The van der Waals surface area contributed by atoms with E-state index < -0.39 is 28.9 Å². The van der Waals surface area contributed by atoms with Gasteiger partial charge < -0.3 is 15.0 Å². The van der Waals surface area contributed by atoms with Crippen LogP contribution >= 0.6 is 11.8 Å². The predicted octanol–water partition coefficient (Wildman–Crippen LogP) is 3.15. The molecule has 1 aliphatic carbocycles. The Morgan fingerprint density at radius 3 is 2.82 bits per heavy atom. The van der Waals surface area contributed by atoms with Crippen LogP contribution in [0.1, 0.15) is 36.8 Å². The van der Waals surface area contributed by atoms with Crippen LogP contribution in [0.5, 0.6) is 0 Å². The van der Waals surface area contributed by atoms with Gasteiger partial charge in [0.05, 0.1) is 29.9 Å². The number of alkyl halides is 3. The first kappa shape index (κ1) is 25.2. The molecule has 0 spiro atoms. The van der Waals surface area contributed by atoms with E-state index in [1.807, 2.05) is 26.1 Å². The van der Waals surface area contributed by atoms with Crippen molar-refractivity contribution in [3.63, 3.8) is 0 Å². The van der Waals surface area contributed by atoms with Crippen molar-refractivity contribution in [2.45, 2.75) is 44.0 Å². The lowest BCUT2D eigenvalue weighted by atomic mass is 9.63. The van der Waals surface area contributed by atoms with Crippen molar-refractivity contribution in [2.24, 2.45) is 11.8 Å². The van der Waals surface area contributed by atoms with Gasteiger partial charge in [0.15, 0.2) is 22.3 Å². The highest BCUT2D eigenvalue weighted by Gasteiger charge is 2.67. The van der Waals surface area contributed by atoms with Crippen LogP contribution in [0.3, 0.4) is 0 Å². The van der Waals surface area contributed by atoms with Crippen LogP contribution in [0, 0.1) is 24.2 Å². The molecule has 1 saturated carbocycles. The monoisotopic (exact) mass is 548 g/mol. The largest absolute Gasteiger partial charge is 0.435 e. The molecule has 14 heteroatoms. The highest BCUT2D eigenvalue weighted by Crippen LogP contribution is 2.59. The van der Waals surface area contributed by atoms with Gasteiger partial charge in [-0.1, -0.05) is 11.8 Å². The minimum Gasteiger partial charge on any atom is -0.368 e. The summed E-state index contributed by atoms with van der Waals surface area (Å²) in [6.45, 7) is 5.40. The van der Waals surface area contributed by atoms with Crippen molar-refractivity contribution < 1.29 is 22.7 Å². The number of fused-ring (bicyclic) bond motifs is 2. The molecule has 4 aliphatic rings. The van der Waals surface area contributed by atoms with Gasteiger partial charge in [0.2, 0.25) is 5.91 Å². The fraction of sp³-hybridized carbons (Fsp3) is 0.542. The molecule has 38 heavy (non-hydrogen) atoms. The first-order valence-corrected chi connectivity index (χ1v) is 13.5. The Hall–Kier alpha value is -3.13. The molecule has 3 saturated heterocycles. The average molecular weight is 549 g/mol. The molecule has 10 nitrogen and oxygen atoms in total. The zero-order valence-corrected chi connectivity index (χ0v) is 21.9. The van der Waals surface area contributed by atoms with Gasteiger partial charge in [0.25, 0.3) is 0 Å². The van der Waals surface area contributed by atoms with Crippen LogP contribution in [-0.2, 0) is 26.8 Å². The number of anilines is 1. The van der Waals surface area contributed by atoms with Gasteiger partial charge in [-0.3, -0.25) is 14.9 Å². The first-order valence-electron chi connectivity index (χ1n) is 12.3. The number of nitrogens with zero attached hydrogens (tertiary/aromatic N) is 6. The van der Waals surface area contributed by atoms with E-state index in [0.717, 1.165) is 29.1 Å². The summed E-state index contributed by atoms with van der Waals surface area (Å²) in [5.41, 5.74) is 0.00334. The number of hydrogen-bond acceptors (Lipinski definition) is 8. The second-order valence-corrected chi connectivity index (χ2v) is 11.4. The second-order valence-electron chi connectivity index (χ2n) is 10.6. The normalized spacial score (nSPS) is 28.6. The predicted molar refractivity (Wildman–Crippen MR) is 134 cm³/mol. The van der Waals surface area contributed by atoms with E-state index >= 15 is 0 Å². The second kappa shape index (κ2) is 8.43. The van der Waals surface area contributed by atoms with Crippen molar-refractivity contribution in [3.05, 3.63) is 41.6 Å². The van der Waals surface area contributed by atoms with Crippen LogP contribution < -0.4 is 10.2 Å². The molecule has 1 amide bonds. The lowest BCUT2D eigenvalue weighted by Gasteiger charge is -2.41. The number of halogens is 3. The molecule has 7 rings (SSSR count). The number of aromatic nitrogens is 5. The Bertz CT molecular complexity index is 1450. The zero-order chi connectivity index (χ0) is 27.0. The zero-order valence-electron chi connectivity index (χ0n) is 21.0. The maximum Gasteiger partial charge on any atom is 0.435 e. The van der Waals surface area contributed by atoms with E-state index in [9.17, 15) is 18.0 Å². The van der Waals surface area contributed by atoms with E-state index in [4.69, 9.17) is 20.2 Å². The number of nitrogens with one attached hydrogen (secondary N) is 2. The van der Waals surface area contributed by atoms with Crippen LogP contribution in [-0.4, -0.2) is 61.4 Å². The molecule has 0 radical (unpaired) electrons. The van der Waals surface area contributed by atoms with Gasteiger partial charge in [-0.2, -0.15) is 18.3 Å². The number of carbonyl (C=O) groups excluding carboxylic acids is 1. The molecule has 2 N–H and O–H groups in total. The molecule has 6 heterocycles. The van der Waals surface area contributed by atoms with E-state index in [1.165, 1.54) is 10.9 Å². The van der Waals surface area contributed by atoms with Gasteiger partial charge in [0.1, 0.15) is 5.60 Å². The smallest absolute Gasteiger partial charge is 0.368 e. The summed E-state index contributed by atoms with van der Waals surface area (Å²) in [5.74, 6) is -0.194. The van der Waals surface area contributed by atoms with Crippen molar-refractivity contribution in [3.8, 4) is 0 Å². The number of amides is 1. The number of amidine groups is 1. The quantitative estimate of drug-likeness (QED) is 0.380. The summed E-state index contributed by atoms with van der Waals surface area (Å²) < 4.78 is 48.4. The van der Waals surface area contributed by atoms with Crippen molar-refractivity contribution >= 4 is 34.2 Å². The molecule has 4 fully saturated rings. The molecule has 4 atom stereocenters. The molecule has 202 valence electrons. The topological polar surface area (TPSA) is 113 Å². The van der Waals surface area contributed by atoms with Crippen molar-refractivity contribution in [1.29, 1.82) is 5.41 Å². The highest BCUT2D eigenvalue weighted by molar-refractivity contribution is 8.13. The number of thioether (sulfide) groups is 1. The number of pyridine rings is 1. The number of aryl methyl sites for hydroxylation is 1. The minimum atomic E-state index is -4.48. The molecule has 3 aliphatic heterocycles.